The third-order valence-electron chi connectivity index (χ3n) is 3.34. The van der Waals surface area contributed by atoms with E-state index in [2.05, 4.69) is 34.9 Å². The smallest absolute Gasteiger partial charge is 0.131 e. The van der Waals surface area contributed by atoms with Crippen LogP contribution in [0.25, 0.3) is 11.3 Å². The highest BCUT2D eigenvalue weighted by atomic mass is 79.9. The number of aromatic nitrogens is 2. The first-order valence-corrected chi connectivity index (χ1v) is 7.01. The Morgan fingerprint density at radius 2 is 1.88 bits per heavy atom. The van der Waals surface area contributed by atoms with Gasteiger partial charge >= 0.3 is 0 Å². The quantitative estimate of drug-likeness (QED) is 0.726. The van der Waals surface area contributed by atoms with Crippen molar-refractivity contribution in [3.05, 3.63) is 25.5 Å². The highest BCUT2D eigenvalue weighted by Crippen LogP contribution is 2.43. The fraction of sp³-hybridized carbons (Fsp3) is 0.417. The van der Waals surface area contributed by atoms with Crippen LogP contribution in [0.2, 0.25) is 0 Å². The summed E-state index contributed by atoms with van der Waals surface area (Å²) in [5.41, 5.74) is 5.65. The normalized spacial score (nSPS) is 13.8. The fourth-order valence-corrected chi connectivity index (χ4v) is 4.39. The van der Waals surface area contributed by atoms with Gasteiger partial charge in [0.05, 0.1) is 5.69 Å². The lowest BCUT2D eigenvalue weighted by Crippen LogP contribution is -2.05. The van der Waals surface area contributed by atoms with Crippen LogP contribution in [-0.4, -0.2) is 9.78 Å². The van der Waals surface area contributed by atoms with Crippen LogP contribution in [0.4, 0.5) is 0 Å². The van der Waals surface area contributed by atoms with E-state index < -0.39 is 0 Å². The Hall–Kier alpha value is -0.610. The molecule has 2 aromatic heterocycles. The molecule has 0 amide bonds. The lowest BCUT2D eigenvalue weighted by atomic mass is 9.91. The molecule has 0 aliphatic heterocycles. The van der Waals surface area contributed by atoms with Crippen molar-refractivity contribution in [3.8, 4) is 11.3 Å². The number of nitrogens with zero attached hydrogens (tertiary/aromatic N) is 2. The molecule has 3 rings (SSSR count). The largest absolute Gasteiger partial charge is 0.266 e. The van der Waals surface area contributed by atoms with Crippen LogP contribution >= 0.6 is 27.3 Å². The van der Waals surface area contributed by atoms with E-state index in [0.29, 0.717) is 0 Å². The summed E-state index contributed by atoms with van der Waals surface area (Å²) in [6, 6.07) is 0. The number of hydrogen-bond donors (Lipinski definition) is 0. The lowest BCUT2D eigenvalue weighted by molar-refractivity contribution is 0.765. The van der Waals surface area contributed by atoms with Crippen molar-refractivity contribution in [3.63, 3.8) is 0 Å². The first-order chi connectivity index (χ1) is 7.59. The summed E-state index contributed by atoms with van der Waals surface area (Å²) in [7, 11) is 2.03. The summed E-state index contributed by atoms with van der Waals surface area (Å²) in [4.78, 5) is 2.89. The Bertz CT molecular complexity index is 528. The van der Waals surface area contributed by atoms with Crippen LogP contribution in [-0.2, 0) is 19.9 Å². The van der Waals surface area contributed by atoms with E-state index in [1.807, 2.05) is 23.1 Å². The van der Waals surface area contributed by atoms with E-state index in [4.69, 9.17) is 0 Å². The molecule has 0 N–H and O–H groups in total. The summed E-state index contributed by atoms with van der Waals surface area (Å²) in [5, 5.41) is 4.48. The van der Waals surface area contributed by atoms with Crippen LogP contribution < -0.4 is 0 Å². The zero-order valence-corrected chi connectivity index (χ0v) is 12.0. The topological polar surface area (TPSA) is 17.8 Å². The summed E-state index contributed by atoms with van der Waals surface area (Å²) in [5.74, 6) is 0. The predicted octanol–water partition coefficient (Wildman–Crippen LogP) is 3.63. The predicted molar refractivity (Wildman–Crippen MR) is 71.1 cm³/mol. The maximum Gasteiger partial charge on any atom is 0.131 e. The number of aryl methyl sites for hydroxylation is 3. The zero-order valence-electron chi connectivity index (χ0n) is 9.59. The molecule has 0 saturated heterocycles. The number of halogens is 1. The van der Waals surface area contributed by atoms with Gasteiger partial charge in [0, 0.05) is 27.9 Å². The Balaban J connectivity index is 2.38. The summed E-state index contributed by atoms with van der Waals surface area (Å²) in [6.45, 7) is 4.44. The molecule has 0 unspecified atom stereocenters. The van der Waals surface area contributed by atoms with Gasteiger partial charge < -0.3 is 0 Å². The maximum absolute atomic E-state index is 4.48. The Morgan fingerprint density at radius 3 is 2.62 bits per heavy atom. The van der Waals surface area contributed by atoms with Crippen molar-refractivity contribution in [2.75, 3.05) is 0 Å². The highest BCUT2D eigenvalue weighted by molar-refractivity contribution is 9.10. The molecule has 0 saturated carbocycles. The minimum absolute atomic E-state index is 1.01. The molecule has 0 bridgehead atoms. The molecule has 16 heavy (non-hydrogen) atoms. The van der Waals surface area contributed by atoms with Crippen LogP contribution in [0, 0.1) is 13.8 Å². The minimum atomic E-state index is 1.01. The third kappa shape index (κ3) is 1.26. The van der Waals surface area contributed by atoms with Gasteiger partial charge in [0.2, 0.25) is 0 Å². The standard InChI is InChI=1S/C12H13BrN2S/c1-6-8-4-5-9-11(10(8)7(2)16-6)15(3)14-12(9)13/h4-5H2,1-3H3. The fourth-order valence-electron chi connectivity index (χ4n) is 2.66. The molecule has 2 aromatic rings. The average molecular weight is 297 g/mol. The molecule has 2 heterocycles. The average Bonchev–Trinajstić information content (AvgIpc) is 2.67. The van der Waals surface area contributed by atoms with E-state index in [0.717, 1.165) is 17.4 Å². The zero-order chi connectivity index (χ0) is 11.4. The molecule has 0 spiro atoms. The van der Waals surface area contributed by atoms with Gasteiger partial charge in [-0.2, -0.15) is 5.10 Å². The molecule has 0 atom stereocenters. The summed E-state index contributed by atoms with van der Waals surface area (Å²) >= 11 is 5.47. The van der Waals surface area contributed by atoms with E-state index in [9.17, 15) is 0 Å². The summed E-state index contributed by atoms with van der Waals surface area (Å²) in [6.07, 6.45) is 2.26. The van der Waals surface area contributed by atoms with Crippen LogP contribution in [0.5, 0.6) is 0 Å². The van der Waals surface area contributed by atoms with Gasteiger partial charge in [-0.05, 0) is 48.2 Å². The van der Waals surface area contributed by atoms with Gasteiger partial charge in [-0.3, -0.25) is 4.68 Å². The van der Waals surface area contributed by atoms with Crippen molar-refractivity contribution in [2.24, 2.45) is 7.05 Å². The van der Waals surface area contributed by atoms with Gasteiger partial charge in [-0.1, -0.05) is 0 Å². The second-order valence-corrected chi connectivity index (χ2v) is 6.49. The first-order valence-electron chi connectivity index (χ1n) is 5.40. The van der Waals surface area contributed by atoms with Gasteiger partial charge in [-0.15, -0.1) is 11.3 Å². The molecule has 0 radical (unpaired) electrons. The number of rotatable bonds is 0. The van der Waals surface area contributed by atoms with Crippen molar-refractivity contribution in [2.45, 2.75) is 26.7 Å². The van der Waals surface area contributed by atoms with Crippen LogP contribution in [0.15, 0.2) is 4.60 Å². The Morgan fingerprint density at radius 1 is 1.19 bits per heavy atom. The second kappa shape index (κ2) is 3.44. The maximum atomic E-state index is 4.48. The second-order valence-electron chi connectivity index (χ2n) is 4.31. The van der Waals surface area contributed by atoms with Crippen LogP contribution in [0.3, 0.4) is 0 Å². The van der Waals surface area contributed by atoms with E-state index >= 15 is 0 Å². The molecule has 1 aliphatic carbocycles. The molecule has 1 aliphatic rings. The summed E-state index contributed by atoms with van der Waals surface area (Å²) < 4.78 is 3.02. The van der Waals surface area contributed by atoms with Crippen molar-refractivity contribution in [1.82, 2.24) is 9.78 Å². The number of hydrogen-bond acceptors (Lipinski definition) is 2. The van der Waals surface area contributed by atoms with Crippen molar-refractivity contribution >= 4 is 27.3 Å². The Labute approximate surface area is 107 Å². The van der Waals surface area contributed by atoms with Crippen molar-refractivity contribution in [1.29, 1.82) is 0 Å². The molecular weight excluding hydrogens is 284 g/mol. The lowest BCUT2D eigenvalue weighted by Gasteiger charge is -2.15. The van der Waals surface area contributed by atoms with Gasteiger partial charge in [-0.25, -0.2) is 0 Å². The third-order valence-corrected chi connectivity index (χ3v) is 5.04. The van der Waals surface area contributed by atoms with E-state index in [1.165, 1.54) is 32.1 Å². The first kappa shape index (κ1) is 10.5. The van der Waals surface area contributed by atoms with Crippen molar-refractivity contribution < 1.29 is 0 Å². The monoisotopic (exact) mass is 296 g/mol. The Kier molecular flexibility index (Phi) is 2.27. The van der Waals surface area contributed by atoms with Crippen LogP contribution in [0.1, 0.15) is 20.9 Å². The minimum Gasteiger partial charge on any atom is -0.266 e. The number of thiophene rings is 1. The van der Waals surface area contributed by atoms with E-state index in [-0.39, 0.29) is 0 Å². The highest BCUT2D eigenvalue weighted by Gasteiger charge is 2.27. The molecule has 0 fully saturated rings. The SMILES string of the molecule is Cc1sc(C)c2c1CCc1c(Br)nn(C)c1-2. The molecule has 2 nitrogen and oxygen atoms in total. The van der Waals surface area contributed by atoms with Gasteiger partial charge in [0.15, 0.2) is 0 Å². The molecule has 84 valence electrons. The number of fused-ring (bicyclic) bond motifs is 3. The van der Waals surface area contributed by atoms with Gasteiger partial charge in [0.25, 0.3) is 0 Å². The van der Waals surface area contributed by atoms with E-state index in [1.54, 1.807) is 0 Å². The molecule has 4 heteroatoms. The van der Waals surface area contributed by atoms with Gasteiger partial charge in [0.1, 0.15) is 4.60 Å². The molecular formula is C12H13BrN2S. The molecule has 0 aromatic carbocycles.